The van der Waals surface area contributed by atoms with Crippen LogP contribution in [-0.4, -0.2) is 24.5 Å². The van der Waals surface area contributed by atoms with E-state index in [4.69, 9.17) is 0 Å². The normalized spacial score (nSPS) is 11.4. The molecule has 2 heterocycles. The van der Waals surface area contributed by atoms with E-state index >= 15 is 0 Å². The number of carbonyl (C=O) groups is 1. The molecule has 0 saturated carbocycles. The molecule has 4 aromatic rings. The number of halogens is 1. The highest BCUT2D eigenvalue weighted by Gasteiger charge is 2.21. The number of nitrogens with zero attached hydrogens (tertiary/aromatic N) is 4. The summed E-state index contributed by atoms with van der Waals surface area (Å²) in [6.07, 6.45) is 2.37. The fourth-order valence-corrected chi connectivity index (χ4v) is 3.77. The summed E-state index contributed by atoms with van der Waals surface area (Å²) in [5.41, 5.74) is -0.0461. The van der Waals surface area contributed by atoms with Crippen LogP contribution in [0.5, 0.6) is 0 Å². The van der Waals surface area contributed by atoms with E-state index in [1.54, 1.807) is 10.9 Å². The molecule has 0 saturated heterocycles. The van der Waals surface area contributed by atoms with Gasteiger partial charge >= 0.3 is 5.69 Å². The van der Waals surface area contributed by atoms with Crippen LogP contribution < -0.4 is 11.2 Å². The number of benzene rings is 2. The Balaban J connectivity index is 1.87. The molecule has 7 nitrogen and oxygen atoms in total. The van der Waals surface area contributed by atoms with Gasteiger partial charge in [0.25, 0.3) is 5.56 Å². The van der Waals surface area contributed by atoms with Crippen LogP contribution in [-0.2, 0) is 19.6 Å². The van der Waals surface area contributed by atoms with Gasteiger partial charge in [-0.3, -0.25) is 18.7 Å². The highest BCUT2D eigenvalue weighted by molar-refractivity contribution is 5.96. The zero-order valence-corrected chi connectivity index (χ0v) is 18.6. The van der Waals surface area contributed by atoms with Crippen molar-refractivity contribution >= 4 is 16.9 Å². The van der Waals surface area contributed by atoms with Crippen LogP contribution in [0.4, 0.5) is 4.39 Å². The number of aromatic nitrogens is 4. The molecular weight excluding hydrogens is 423 g/mol. The summed E-state index contributed by atoms with van der Waals surface area (Å²) in [5, 5.41) is 0. The van der Waals surface area contributed by atoms with Gasteiger partial charge in [-0.15, -0.1) is 0 Å². The molecule has 0 spiro atoms. The maximum atomic E-state index is 14.1. The number of carbonyl (C=O) groups excluding carboxylic acids is 1. The quantitative estimate of drug-likeness (QED) is 0.387. The average molecular weight is 448 g/mol. The Labute approximate surface area is 189 Å². The molecule has 0 aliphatic rings. The Morgan fingerprint density at radius 2 is 1.70 bits per heavy atom. The Hall–Kier alpha value is -3.81. The topological polar surface area (TPSA) is 78.9 Å². The van der Waals surface area contributed by atoms with Crippen LogP contribution in [0.15, 0.2) is 70.5 Å². The fraction of sp³-hybridized carbons (Fsp3) is 0.280. The van der Waals surface area contributed by atoms with E-state index in [1.807, 2.05) is 30.3 Å². The number of hydrogen-bond acceptors (Lipinski definition) is 4. The van der Waals surface area contributed by atoms with Crippen molar-refractivity contribution in [2.24, 2.45) is 5.92 Å². The minimum absolute atomic E-state index is 0.160. The molecule has 2 aromatic heterocycles. The summed E-state index contributed by atoms with van der Waals surface area (Å²) in [6, 6.07) is 14.9. The van der Waals surface area contributed by atoms with E-state index in [2.05, 4.69) is 18.8 Å². The van der Waals surface area contributed by atoms with E-state index in [1.165, 1.54) is 28.8 Å². The summed E-state index contributed by atoms with van der Waals surface area (Å²) < 4.78 is 18.2. The van der Waals surface area contributed by atoms with Gasteiger partial charge in [0, 0.05) is 6.54 Å². The number of imidazole rings is 1. The number of Topliss-reactive ketones (excluding diaryl/α,β-unsaturated/α-hetero) is 1. The first-order chi connectivity index (χ1) is 15.9. The number of rotatable bonds is 8. The molecule has 0 fully saturated rings. The van der Waals surface area contributed by atoms with Gasteiger partial charge in [0.1, 0.15) is 5.82 Å². The van der Waals surface area contributed by atoms with Crippen molar-refractivity contribution in [3.05, 3.63) is 98.7 Å². The van der Waals surface area contributed by atoms with Crippen molar-refractivity contribution in [1.82, 2.24) is 18.7 Å². The summed E-state index contributed by atoms with van der Waals surface area (Å²) in [7, 11) is 0. The first-order valence-electron chi connectivity index (χ1n) is 10.9. The van der Waals surface area contributed by atoms with Gasteiger partial charge in [-0.2, -0.15) is 0 Å². The molecule has 0 radical (unpaired) electrons. The molecule has 0 aliphatic heterocycles. The molecular formula is C25H25FN4O3. The van der Waals surface area contributed by atoms with Crippen LogP contribution >= 0.6 is 0 Å². The lowest BCUT2D eigenvalue weighted by Gasteiger charge is -2.13. The van der Waals surface area contributed by atoms with Crippen LogP contribution in [0, 0.1) is 11.7 Å². The van der Waals surface area contributed by atoms with E-state index < -0.39 is 29.4 Å². The van der Waals surface area contributed by atoms with Crippen molar-refractivity contribution in [2.45, 2.75) is 39.9 Å². The summed E-state index contributed by atoms with van der Waals surface area (Å²) >= 11 is 0. The molecule has 0 unspecified atom stereocenters. The monoisotopic (exact) mass is 448 g/mol. The maximum absolute atomic E-state index is 14.1. The number of ketones is 1. The van der Waals surface area contributed by atoms with Crippen molar-refractivity contribution in [2.75, 3.05) is 0 Å². The van der Waals surface area contributed by atoms with E-state index in [0.29, 0.717) is 12.5 Å². The molecule has 0 bridgehead atoms. The maximum Gasteiger partial charge on any atom is 0.333 e. The molecule has 0 amide bonds. The van der Waals surface area contributed by atoms with Gasteiger partial charge in [-0.05, 0) is 30.0 Å². The molecule has 0 atom stereocenters. The van der Waals surface area contributed by atoms with Crippen molar-refractivity contribution in [1.29, 1.82) is 0 Å². The third-order valence-corrected chi connectivity index (χ3v) is 5.59. The minimum Gasteiger partial charge on any atom is -0.325 e. The third kappa shape index (κ3) is 4.55. The predicted molar refractivity (Wildman–Crippen MR) is 124 cm³/mol. The second-order valence-corrected chi connectivity index (χ2v) is 8.44. The SMILES string of the molecule is CC(C)CCn1cnc2c1c(=O)n(CC(=O)c1ccccc1F)c(=O)n2Cc1ccccc1. The number of fused-ring (bicyclic) bond motifs is 1. The van der Waals surface area contributed by atoms with Gasteiger partial charge in [-0.1, -0.05) is 56.3 Å². The van der Waals surface area contributed by atoms with E-state index in [9.17, 15) is 18.8 Å². The molecule has 8 heteroatoms. The summed E-state index contributed by atoms with van der Waals surface area (Å²) in [5.74, 6) is -0.933. The Bertz CT molecular complexity index is 1420. The molecule has 33 heavy (non-hydrogen) atoms. The summed E-state index contributed by atoms with van der Waals surface area (Å²) in [4.78, 5) is 43.9. The first-order valence-corrected chi connectivity index (χ1v) is 10.9. The average Bonchev–Trinajstić information content (AvgIpc) is 3.23. The van der Waals surface area contributed by atoms with E-state index in [-0.39, 0.29) is 23.3 Å². The summed E-state index contributed by atoms with van der Waals surface area (Å²) in [6.45, 7) is 4.34. The highest BCUT2D eigenvalue weighted by Crippen LogP contribution is 2.13. The van der Waals surface area contributed by atoms with Crippen LogP contribution in [0.3, 0.4) is 0 Å². The lowest BCUT2D eigenvalue weighted by atomic mass is 10.1. The van der Waals surface area contributed by atoms with Crippen molar-refractivity contribution in [3.8, 4) is 0 Å². The lowest BCUT2D eigenvalue weighted by Crippen LogP contribution is -2.42. The largest absolute Gasteiger partial charge is 0.333 e. The zero-order valence-electron chi connectivity index (χ0n) is 18.6. The van der Waals surface area contributed by atoms with Crippen LogP contribution in [0.25, 0.3) is 11.2 Å². The molecule has 4 rings (SSSR count). The zero-order chi connectivity index (χ0) is 23.5. The van der Waals surface area contributed by atoms with Crippen molar-refractivity contribution < 1.29 is 9.18 Å². The Kier molecular flexibility index (Phi) is 6.35. The fourth-order valence-electron chi connectivity index (χ4n) is 3.77. The smallest absolute Gasteiger partial charge is 0.325 e. The second-order valence-electron chi connectivity index (χ2n) is 8.44. The van der Waals surface area contributed by atoms with Gasteiger partial charge in [-0.25, -0.2) is 14.2 Å². The van der Waals surface area contributed by atoms with Gasteiger partial charge in [0.15, 0.2) is 16.9 Å². The minimum atomic E-state index is -0.691. The Morgan fingerprint density at radius 3 is 2.39 bits per heavy atom. The second kappa shape index (κ2) is 9.36. The lowest BCUT2D eigenvalue weighted by molar-refractivity contribution is 0.0965. The third-order valence-electron chi connectivity index (χ3n) is 5.59. The van der Waals surface area contributed by atoms with Crippen molar-refractivity contribution in [3.63, 3.8) is 0 Å². The van der Waals surface area contributed by atoms with Gasteiger partial charge < -0.3 is 4.57 Å². The number of aryl methyl sites for hydroxylation is 1. The predicted octanol–water partition coefficient (Wildman–Crippen LogP) is 3.48. The van der Waals surface area contributed by atoms with Gasteiger partial charge in [0.05, 0.1) is 25.0 Å². The first kappa shape index (κ1) is 22.4. The highest BCUT2D eigenvalue weighted by atomic mass is 19.1. The molecule has 170 valence electrons. The number of hydrogen-bond donors (Lipinski definition) is 0. The van der Waals surface area contributed by atoms with Crippen LogP contribution in [0.2, 0.25) is 0 Å². The molecule has 0 N–H and O–H groups in total. The van der Waals surface area contributed by atoms with Gasteiger partial charge in [0.2, 0.25) is 0 Å². The molecule has 0 aliphatic carbocycles. The van der Waals surface area contributed by atoms with E-state index in [0.717, 1.165) is 16.6 Å². The van der Waals surface area contributed by atoms with Crippen LogP contribution in [0.1, 0.15) is 36.2 Å². The Morgan fingerprint density at radius 1 is 1.00 bits per heavy atom. The standard InChI is InChI=1S/C25H25FN4O3/c1-17(2)12-13-28-16-27-23-22(28)24(32)30(15-21(31)19-10-6-7-11-20(19)26)25(33)29(23)14-18-8-4-3-5-9-18/h3-11,16-17H,12-15H2,1-2H3. The molecule has 2 aromatic carbocycles.